The number of benzene rings is 1. The van der Waals surface area contributed by atoms with Gasteiger partial charge in [0.25, 0.3) is 0 Å². The van der Waals surface area contributed by atoms with Crippen LogP contribution < -0.4 is 5.32 Å². The molecule has 2 rings (SSSR count). The summed E-state index contributed by atoms with van der Waals surface area (Å²) in [7, 11) is 0. The van der Waals surface area contributed by atoms with Crippen LogP contribution in [0.15, 0.2) is 35.0 Å². The minimum absolute atomic E-state index is 0.373. The molecule has 64 valence electrons. The van der Waals surface area contributed by atoms with Gasteiger partial charge in [-0.05, 0) is 6.07 Å². The molecule has 1 aromatic rings. The number of benzodiazepines with no additional fused rings is 1. The van der Waals surface area contributed by atoms with Gasteiger partial charge < -0.3 is 5.32 Å². The van der Waals surface area contributed by atoms with E-state index in [9.17, 15) is 4.79 Å². The zero-order valence-corrected chi connectivity index (χ0v) is 6.95. The number of carbonyl (C=O) groups excluding carboxylic acids is 1. The van der Waals surface area contributed by atoms with Crippen molar-refractivity contribution in [3.8, 4) is 0 Å². The molecule has 0 amide bonds. The monoisotopic (exact) mass is 172 g/mol. The summed E-state index contributed by atoms with van der Waals surface area (Å²) in [5, 5.41) is 2.98. The highest BCUT2D eigenvalue weighted by molar-refractivity contribution is 5.90. The summed E-state index contributed by atoms with van der Waals surface area (Å²) < 4.78 is 0. The number of aliphatic imine (C=N–C) groups is 1. The van der Waals surface area contributed by atoms with Crippen molar-refractivity contribution in [2.24, 2.45) is 4.99 Å². The van der Waals surface area contributed by atoms with Gasteiger partial charge in [-0.2, -0.15) is 0 Å². The van der Waals surface area contributed by atoms with Crippen molar-refractivity contribution in [2.75, 3.05) is 11.9 Å². The fourth-order valence-corrected chi connectivity index (χ4v) is 1.22. The average Bonchev–Trinajstić information content (AvgIpc) is 2.38. The van der Waals surface area contributed by atoms with E-state index < -0.39 is 0 Å². The summed E-state index contributed by atoms with van der Waals surface area (Å²) in [4.78, 5) is 14.5. The highest BCUT2D eigenvalue weighted by Crippen LogP contribution is 2.16. The topological polar surface area (TPSA) is 41.5 Å². The molecule has 0 aromatic heterocycles. The molecule has 0 bridgehead atoms. The molecule has 0 fully saturated rings. The Kier molecular flexibility index (Phi) is 1.94. The van der Waals surface area contributed by atoms with Gasteiger partial charge in [-0.1, -0.05) is 18.2 Å². The van der Waals surface area contributed by atoms with Crippen LogP contribution in [0.1, 0.15) is 5.56 Å². The molecule has 13 heavy (non-hydrogen) atoms. The molecule has 1 aliphatic heterocycles. The van der Waals surface area contributed by atoms with Crippen molar-refractivity contribution < 1.29 is 4.79 Å². The van der Waals surface area contributed by atoms with Gasteiger partial charge in [-0.25, -0.2) is 4.79 Å². The largest absolute Gasteiger partial charge is 0.348 e. The Balaban J connectivity index is 2.49. The highest BCUT2D eigenvalue weighted by Gasteiger charge is 2.05. The maximum Gasteiger partial charge on any atom is 0.147 e. The fourth-order valence-electron chi connectivity index (χ4n) is 1.22. The van der Waals surface area contributed by atoms with Crippen LogP contribution in [0.2, 0.25) is 0 Å². The van der Waals surface area contributed by atoms with Crippen molar-refractivity contribution in [3.63, 3.8) is 0 Å². The lowest BCUT2D eigenvalue weighted by atomic mass is 10.2. The molecular formula is C10H8N2O. The molecule has 0 spiro atoms. The third-order valence-corrected chi connectivity index (χ3v) is 1.85. The SMILES string of the molecule is O=C=C1CN=Cc2ccccc2N1. The number of rotatable bonds is 0. The molecule has 0 radical (unpaired) electrons. The summed E-state index contributed by atoms with van der Waals surface area (Å²) in [5.74, 6) is 1.83. The van der Waals surface area contributed by atoms with Crippen molar-refractivity contribution in [1.82, 2.24) is 0 Å². The second kappa shape index (κ2) is 3.25. The summed E-state index contributed by atoms with van der Waals surface area (Å²) in [6.45, 7) is 0.373. The number of nitrogens with one attached hydrogen (secondary N) is 1. The third kappa shape index (κ3) is 1.50. The first-order valence-electron chi connectivity index (χ1n) is 4.00. The van der Waals surface area contributed by atoms with Crippen LogP contribution in [0.5, 0.6) is 0 Å². The van der Waals surface area contributed by atoms with Crippen LogP contribution in [0, 0.1) is 0 Å². The lowest BCUT2D eigenvalue weighted by molar-refractivity contribution is 0.567. The first-order chi connectivity index (χ1) is 6.40. The molecule has 0 unspecified atom stereocenters. The second-order valence-electron chi connectivity index (χ2n) is 2.76. The van der Waals surface area contributed by atoms with E-state index in [1.807, 2.05) is 30.2 Å². The van der Waals surface area contributed by atoms with Gasteiger partial charge >= 0.3 is 0 Å². The molecule has 3 heteroatoms. The fraction of sp³-hybridized carbons (Fsp3) is 0.100. The third-order valence-electron chi connectivity index (χ3n) is 1.85. The molecule has 1 heterocycles. The Morgan fingerprint density at radius 1 is 1.38 bits per heavy atom. The van der Waals surface area contributed by atoms with Gasteiger partial charge in [0.1, 0.15) is 11.6 Å². The normalized spacial score (nSPS) is 14.0. The van der Waals surface area contributed by atoms with Crippen LogP contribution in [-0.2, 0) is 4.79 Å². The Morgan fingerprint density at radius 2 is 2.23 bits per heavy atom. The van der Waals surface area contributed by atoms with Crippen LogP contribution >= 0.6 is 0 Å². The first kappa shape index (κ1) is 7.77. The number of fused-ring (bicyclic) bond motifs is 1. The number of anilines is 1. The zero-order valence-electron chi connectivity index (χ0n) is 6.95. The summed E-state index contributed by atoms with van der Waals surface area (Å²) in [6, 6.07) is 7.69. The van der Waals surface area contributed by atoms with Gasteiger partial charge in [-0.3, -0.25) is 4.99 Å². The smallest absolute Gasteiger partial charge is 0.147 e. The van der Waals surface area contributed by atoms with Crippen LogP contribution in [0.4, 0.5) is 5.69 Å². The molecule has 3 nitrogen and oxygen atoms in total. The van der Waals surface area contributed by atoms with E-state index >= 15 is 0 Å². The molecule has 0 saturated carbocycles. The van der Waals surface area contributed by atoms with Crippen LogP contribution in [0.25, 0.3) is 0 Å². The lowest BCUT2D eigenvalue weighted by Gasteiger charge is -2.04. The second-order valence-corrected chi connectivity index (χ2v) is 2.76. The summed E-state index contributed by atoms with van der Waals surface area (Å²) >= 11 is 0. The van der Waals surface area contributed by atoms with E-state index in [0.717, 1.165) is 11.3 Å². The summed E-state index contributed by atoms with van der Waals surface area (Å²) in [5.41, 5.74) is 2.37. The number of para-hydroxylation sites is 1. The molecule has 0 aliphatic carbocycles. The Hall–Kier alpha value is -1.86. The van der Waals surface area contributed by atoms with Gasteiger partial charge in [-0.15, -0.1) is 0 Å². The Labute approximate surface area is 75.8 Å². The van der Waals surface area contributed by atoms with E-state index in [1.54, 1.807) is 6.21 Å². The van der Waals surface area contributed by atoms with Gasteiger partial charge in [0.05, 0.1) is 6.54 Å². The highest BCUT2D eigenvalue weighted by atomic mass is 16.1. The Bertz CT molecular complexity index is 403. The number of nitrogens with zero attached hydrogens (tertiary/aromatic N) is 1. The standard InChI is InChI=1S/C10H8N2O/c13-7-9-6-11-5-8-3-1-2-4-10(8)12-9/h1-5,12H,6H2. The molecular weight excluding hydrogens is 164 g/mol. The quantitative estimate of drug-likeness (QED) is 0.598. The van der Waals surface area contributed by atoms with E-state index in [1.165, 1.54) is 0 Å². The molecule has 0 saturated heterocycles. The van der Waals surface area contributed by atoms with E-state index in [-0.39, 0.29) is 0 Å². The van der Waals surface area contributed by atoms with Crippen molar-refractivity contribution in [2.45, 2.75) is 0 Å². The van der Waals surface area contributed by atoms with Crippen molar-refractivity contribution in [1.29, 1.82) is 0 Å². The lowest BCUT2D eigenvalue weighted by Crippen LogP contribution is -2.02. The predicted octanol–water partition coefficient (Wildman–Crippen LogP) is 1.25. The maximum atomic E-state index is 10.4. The van der Waals surface area contributed by atoms with E-state index in [4.69, 9.17) is 0 Å². The first-order valence-corrected chi connectivity index (χ1v) is 4.00. The summed E-state index contributed by atoms with van der Waals surface area (Å²) in [6.07, 6.45) is 1.76. The average molecular weight is 172 g/mol. The van der Waals surface area contributed by atoms with Crippen LogP contribution in [-0.4, -0.2) is 18.7 Å². The van der Waals surface area contributed by atoms with Gasteiger partial charge in [0, 0.05) is 17.5 Å². The number of hydrogen-bond donors (Lipinski definition) is 1. The minimum Gasteiger partial charge on any atom is -0.348 e. The molecule has 1 N–H and O–H groups in total. The number of hydrogen-bond acceptors (Lipinski definition) is 3. The molecule has 0 atom stereocenters. The zero-order chi connectivity index (χ0) is 9.10. The van der Waals surface area contributed by atoms with Crippen LogP contribution in [0.3, 0.4) is 0 Å². The minimum atomic E-state index is 0.373. The molecule has 1 aromatic carbocycles. The van der Waals surface area contributed by atoms with E-state index in [0.29, 0.717) is 12.2 Å². The van der Waals surface area contributed by atoms with Crippen molar-refractivity contribution in [3.05, 3.63) is 35.5 Å². The predicted molar refractivity (Wildman–Crippen MR) is 51.7 cm³/mol. The maximum absolute atomic E-state index is 10.4. The van der Waals surface area contributed by atoms with E-state index in [2.05, 4.69) is 10.3 Å². The van der Waals surface area contributed by atoms with Gasteiger partial charge in [0.15, 0.2) is 0 Å². The van der Waals surface area contributed by atoms with Crippen molar-refractivity contribution >= 4 is 17.8 Å². The van der Waals surface area contributed by atoms with Gasteiger partial charge in [0.2, 0.25) is 0 Å². The Morgan fingerprint density at radius 3 is 3.08 bits per heavy atom. The molecule has 1 aliphatic rings.